The van der Waals surface area contributed by atoms with Gasteiger partial charge in [-0.05, 0) is 43.7 Å². The number of rotatable bonds is 7. The molecule has 1 N–H and O–H groups in total. The van der Waals surface area contributed by atoms with E-state index in [1.807, 2.05) is 31.2 Å². The molecule has 2 aromatic rings. The van der Waals surface area contributed by atoms with Crippen LogP contribution in [0.3, 0.4) is 0 Å². The molecule has 7 nitrogen and oxygen atoms in total. The van der Waals surface area contributed by atoms with Gasteiger partial charge < -0.3 is 4.74 Å². The smallest absolute Gasteiger partial charge is 0.312 e. The number of hydrogen-bond acceptors (Lipinski definition) is 6. The summed E-state index contributed by atoms with van der Waals surface area (Å²) in [6, 6.07) is 7.08. The average Bonchev–Trinajstić information content (AvgIpc) is 2.97. The van der Waals surface area contributed by atoms with Crippen molar-refractivity contribution in [2.45, 2.75) is 39.2 Å². The van der Waals surface area contributed by atoms with Gasteiger partial charge in [-0.2, -0.15) is 0 Å². The lowest BCUT2D eigenvalue weighted by Gasteiger charge is -2.27. The van der Waals surface area contributed by atoms with E-state index >= 15 is 0 Å². The normalized spacial score (nSPS) is 24.0. The quantitative estimate of drug-likeness (QED) is 0.672. The van der Waals surface area contributed by atoms with Crippen molar-refractivity contribution < 1.29 is 22.3 Å². The molecule has 0 spiro atoms. The number of benzene rings is 1. The fourth-order valence-electron chi connectivity index (χ4n) is 4.24. The van der Waals surface area contributed by atoms with E-state index in [0.29, 0.717) is 30.7 Å². The Bertz CT molecular complexity index is 1010. The summed E-state index contributed by atoms with van der Waals surface area (Å²) in [6.45, 7) is 3.94. The molecule has 1 aliphatic carbocycles. The number of esters is 1. The Kier molecular flexibility index (Phi) is 6.52. The SMILES string of the molecule is CCOC(=O)[C@@]1(Cc2cccc(-c3ncc(F)cn3)c2)C[C@@H](C)[C@H](NS(C)(=O)=O)C1. The van der Waals surface area contributed by atoms with Crippen LogP contribution in [-0.4, -0.2) is 43.3 Å². The second-order valence-electron chi connectivity index (χ2n) is 7.98. The minimum atomic E-state index is -3.40. The number of aromatic nitrogens is 2. The first-order chi connectivity index (χ1) is 14.1. The lowest BCUT2D eigenvalue weighted by atomic mass is 9.79. The molecule has 3 atom stereocenters. The Morgan fingerprint density at radius 1 is 1.30 bits per heavy atom. The highest BCUT2D eigenvalue weighted by Gasteiger charge is 2.50. The van der Waals surface area contributed by atoms with E-state index in [9.17, 15) is 17.6 Å². The van der Waals surface area contributed by atoms with Crippen LogP contribution < -0.4 is 4.72 Å². The molecular weight excluding hydrogens is 409 g/mol. The summed E-state index contributed by atoms with van der Waals surface area (Å²) in [5.41, 5.74) is 0.754. The van der Waals surface area contributed by atoms with Crippen LogP contribution in [0.5, 0.6) is 0 Å². The molecule has 162 valence electrons. The summed E-state index contributed by atoms with van der Waals surface area (Å²) in [5, 5.41) is 0. The maximum absolute atomic E-state index is 13.1. The van der Waals surface area contributed by atoms with Gasteiger partial charge >= 0.3 is 5.97 Å². The molecule has 1 aromatic heterocycles. The van der Waals surface area contributed by atoms with Crippen molar-refractivity contribution in [2.75, 3.05) is 12.9 Å². The molecule has 1 saturated carbocycles. The molecule has 3 rings (SSSR count). The molecule has 30 heavy (non-hydrogen) atoms. The Morgan fingerprint density at radius 3 is 2.63 bits per heavy atom. The molecule has 0 bridgehead atoms. The molecule has 1 aliphatic rings. The number of nitrogens with zero attached hydrogens (tertiary/aromatic N) is 2. The Morgan fingerprint density at radius 2 is 2.00 bits per heavy atom. The van der Waals surface area contributed by atoms with Crippen LogP contribution in [0.1, 0.15) is 32.3 Å². The highest BCUT2D eigenvalue weighted by molar-refractivity contribution is 7.88. The second-order valence-corrected chi connectivity index (χ2v) is 9.76. The summed E-state index contributed by atoms with van der Waals surface area (Å²) in [5.74, 6) is -0.466. The van der Waals surface area contributed by atoms with Crippen molar-refractivity contribution in [1.29, 1.82) is 0 Å². The van der Waals surface area contributed by atoms with Gasteiger partial charge in [-0.25, -0.2) is 27.5 Å². The first-order valence-corrected chi connectivity index (χ1v) is 11.7. The lowest BCUT2D eigenvalue weighted by molar-refractivity contribution is -0.155. The van der Waals surface area contributed by atoms with Gasteiger partial charge in [0.1, 0.15) is 0 Å². The van der Waals surface area contributed by atoms with Crippen LogP contribution in [0.4, 0.5) is 4.39 Å². The van der Waals surface area contributed by atoms with E-state index in [4.69, 9.17) is 4.74 Å². The summed E-state index contributed by atoms with van der Waals surface area (Å²) in [6.07, 6.45) is 4.60. The molecule has 0 radical (unpaired) electrons. The third-order valence-electron chi connectivity index (χ3n) is 5.43. The molecule has 0 amide bonds. The zero-order valence-electron chi connectivity index (χ0n) is 17.3. The number of ether oxygens (including phenoxy) is 1. The third kappa shape index (κ3) is 5.20. The number of halogens is 1. The number of hydrogen-bond donors (Lipinski definition) is 1. The third-order valence-corrected chi connectivity index (χ3v) is 6.16. The van der Waals surface area contributed by atoms with E-state index in [-0.39, 0.29) is 24.5 Å². The van der Waals surface area contributed by atoms with Gasteiger partial charge in [-0.3, -0.25) is 4.79 Å². The number of nitrogens with one attached hydrogen (secondary N) is 1. The highest BCUT2D eigenvalue weighted by atomic mass is 32.2. The van der Waals surface area contributed by atoms with Crippen LogP contribution in [-0.2, 0) is 26.0 Å². The average molecular weight is 436 g/mol. The Labute approximate surface area is 176 Å². The molecular formula is C21H26FN3O4S. The minimum Gasteiger partial charge on any atom is -0.466 e. The fourth-order valence-corrected chi connectivity index (χ4v) is 5.10. The van der Waals surface area contributed by atoms with Crippen LogP contribution in [0.2, 0.25) is 0 Å². The minimum absolute atomic E-state index is 0.0206. The lowest BCUT2D eigenvalue weighted by Crippen LogP contribution is -2.38. The molecule has 0 saturated heterocycles. The van der Waals surface area contributed by atoms with Crippen LogP contribution in [0.25, 0.3) is 11.4 Å². The van der Waals surface area contributed by atoms with Gasteiger partial charge in [0.25, 0.3) is 0 Å². The second kappa shape index (κ2) is 8.77. The summed E-state index contributed by atoms with van der Waals surface area (Å²) in [7, 11) is -3.40. The largest absolute Gasteiger partial charge is 0.466 e. The summed E-state index contributed by atoms with van der Waals surface area (Å²) in [4.78, 5) is 21.0. The molecule has 9 heteroatoms. The van der Waals surface area contributed by atoms with Crippen molar-refractivity contribution in [3.63, 3.8) is 0 Å². The predicted molar refractivity (Wildman–Crippen MR) is 110 cm³/mol. The van der Waals surface area contributed by atoms with Crippen molar-refractivity contribution >= 4 is 16.0 Å². The Balaban J connectivity index is 1.90. The van der Waals surface area contributed by atoms with Crippen molar-refractivity contribution in [1.82, 2.24) is 14.7 Å². The van der Waals surface area contributed by atoms with Crippen molar-refractivity contribution in [3.8, 4) is 11.4 Å². The molecule has 0 unspecified atom stereocenters. The van der Waals surface area contributed by atoms with Crippen LogP contribution in [0.15, 0.2) is 36.7 Å². The summed E-state index contributed by atoms with van der Waals surface area (Å²) >= 11 is 0. The van der Waals surface area contributed by atoms with Gasteiger partial charge in [0.15, 0.2) is 11.6 Å². The van der Waals surface area contributed by atoms with E-state index < -0.39 is 21.3 Å². The molecule has 0 aliphatic heterocycles. The van der Waals surface area contributed by atoms with Crippen molar-refractivity contribution in [3.05, 3.63) is 48.0 Å². The van der Waals surface area contributed by atoms with Gasteiger partial charge in [-0.15, -0.1) is 0 Å². The van der Waals surface area contributed by atoms with E-state index in [0.717, 1.165) is 24.2 Å². The maximum atomic E-state index is 13.1. The fraction of sp³-hybridized carbons (Fsp3) is 0.476. The van der Waals surface area contributed by atoms with E-state index in [1.165, 1.54) is 0 Å². The topological polar surface area (TPSA) is 98.2 Å². The number of carbonyl (C=O) groups is 1. The Hall–Kier alpha value is -2.39. The predicted octanol–water partition coefficient (Wildman–Crippen LogP) is 2.72. The zero-order valence-corrected chi connectivity index (χ0v) is 18.1. The first kappa shape index (κ1) is 22.3. The first-order valence-electron chi connectivity index (χ1n) is 9.83. The van der Waals surface area contributed by atoms with E-state index in [2.05, 4.69) is 14.7 Å². The number of carbonyl (C=O) groups excluding carboxylic acids is 1. The van der Waals surface area contributed by atoms with Gasteiger partial charge in [0.2, 0.25) is 10.0 Å². The maximum Gasteiger partial charge on any atom is 0.312 e. The van der Waals surface area contributed by atoms with Crippen LogP contribution >= 0.6 is 0 Å². The van der Waals surface area contributed by atoms with Crippen LogP contribution in [0, 0.1) is 17.2 Å². The van der Waals surface area contributed by atoms with Gasteiger partial charge in [-0.1, -0.05) is 25.1 Å². The highest BCUT2D eigenvalue weighted by Crippen LogP contribution is 2.45. The van der Waals surface area contributed by atoms with E-state index in [1.54, 1.807) is 6.92 Å². The van der Waals surface area contributed by atoms with Gasteiger partial charge in [0.05, 0.1) is 30.7 Å². The standard InChI is InChI=1S/C21H26FN3O4S/c1-4-29-20(26)21(9-14(2)18(11-21)25-30(3,27)28)10-15-6-5-7-16(8-15)19-23-12-17(22)13-24-19/h5-8,12-14,18,25H,4,9-11H2,1-3H3/t14-,18-,21-/m1/s1. The zero-order chi connectivity index (χ0) is 21.9. The molecule has 1 aromatic carbocycles. The molecule has 1 heterocycles. The molecule has 1 fully saturated rings. The van der Waals surface area contributed by atoms with Gasteiger partial charge in [0, 0.05) is 11.6 Å². The monoisotopic (exact) mass is 435 g/mol. The summed E-state index contributed by atoms with van der Waals surface area (Å²) < 4.78 is 44.7. The van der Waals surface area contributed by atoms with Crippen molar-refractivity contribution in [2.24, 2.45) is 11.3 Å². The number of sulfonamides is 1.